The summed E-state index contributed by atoms with van der Waals surface area (Å²) < 4.78 is 14.1. The Morgan fingerprint density at radius 1 is 1.50 bits per heavy atom. The zero-order chi connectivity index (χ0) is 13.9. The molecular weight excluding hydrogens is 299 g/mol. The highest BCUT2D eigenvalue weighted by Gasteiger charge is 2.23. The molecule has 1 aromatic rings. The summed E-state index contributed by atoms with van der Waals surface area (Å²) in [5, 5.41) is 0. The summed E-state index contributed by atoms with van der Waals surface area (Å²) in [5.74, 6) is -0.866. The Morgan fingerprint density at radius 3 is 2.67 bits per heavy atom. The van der Waals surface area contributed by atoms with Crippen molar-refractivity contribution in [2.24, 2.45) is 11.1 Å². The first-order valence-corrected chi connectivity index (χ1v) is 6.47. The fraction of sp³-hybridized carbons (Fsp3) is 0.462. The van der Waals surface area contributed by atoms with Crippen molar-refractivity contribution in [1.82, 2.24) is 4.90 Å². The molecule has 3 nitrogen and oxygen atoms in total. The van der Waals surface area contributed by atoms with Crippen molar-refractivity contribution >= 4 is 21.8 Å². The maximum absolute atomic E-state index is 13.8. The van der Waals surface area contributed by atoms with Crippen LogP contribution in [0.3, 0.4) is 0 Å². The second-order valence-electron chi connectivity index (χ2n) is 5.13. The highest BCUT2D eigenvalue weighted by molar-refractivity contribution is 9.10. The van der Waals surface area contributed by atoms with Crippen molar-refractivity contribution in [1.29, 1.82) is 0 Å². The Kier molecular flexibility index (Phi) is 4.87. The number of halogens is 2. The highest BCUT2D eigenvalue weighted by atomic mass is 79.9. The van der Waals surface area contributed by atoms with E-state index < -0.39 is 5.82 Å². The molecule has 0 unspecified atom stereocenters. The fourth-order valence-corrected chi connectivity index (χ4v) is 2.02. The van der Waals surface area contributed by atoms with Crippen LogP contribution in [0, 0.1) is 11.2 Å². The van der Waals surface area contributed by atoms with Gasteiger partial charge in [-0.25, -0.2) is 4.39 Å². The van der Waals surface area contributed by atoms with Gasteiger partial charge < -0.3 is 10.6 Å². The summed E-state index contributed by atoms with van der Waals surface area (Å²) in [6.45, 7) is 4.88. The summed E-state index contributed by atoms with van der Waals surface area (Å²) in [4.78, 5) is 13.6. The quantitative estimate of drug-likeness (QED) is 0.928. The maximum atomic E-state index is 13.8. The van der Waals surface area contributed by atoms with E-state index in [1.165, 1.54) is 11.0 Å². The van der Waals surface area contributed by atoms with Gasteiger partial charge >= 0.3 is 0 Å². The van der Waals surface area contributed by atoms with Gasteiger partial charge in [-0.2, -0.15) is 0 Å². The SMILES string of the molecule is CN(CC(C)(C)CN)C(=O)c1cccc(Br)c1F. The highest BCUT2D eigenvalue weighted by Crippen LogP contribution is 2.21. The molecule has 0 radical (unpaired) electrons. The smallest absolute Gasteiger partial charge is 0.256 e. The predicted octanol–water partition coefficient (Wildman–Crippen LogP) is 2.65. The number of amides is 1. The molecule has 0 spiro atoms. The molecule has 0 aliphatic rings. The van der Waals surface area contributed by atoms with E-state index in [2.05, 4.69) is 15.9 Å². The average Bonchev–Trinajstić information content (AvgIpc) is 2.31. The lowest BCUT2D eigenvalue weighted by Crippen LogP contribution is -2.40. The largest absolute Gasteiger partial charge is 0.341 e. The molecule has 18 heavy (non-hydrogen) atoms. The second-order valence-corrected chi connectivity index (χ2v) is 5.99. The monoisotopic (exact) mass is 316 g/mol. The van der Waals surface area contributed by atoms with E-state index in [4.69, 9.17) is 5.73 Å². The molecule has 0 bridgehead atoms. The van der Waals surface area contributed by atoms with Crippen LogP contribution in [0.4, 0.5) is 4.39 Å². The van der Waals surface area contributed by atoms with Crippen LogP contribution >= 0.6 is 15.9 Å². The molecular formula is C13H18BrFN2O. The molecule has 5 heteroatoms. The van der Waals surface area contributed by atoms with Crippen molar-refractivity contribution in [3.8, 4) is 0 Å². The first-order valence-electron chi connectivity index (χ1n) is 5.68. The van der Waals surface area contributed by atoms with E-state index >= 15 is 0 Å². The number of carbonyl (C=O) groups is 1. The van der Waals surface area contributed by atoms with Gasteiger partial charge in [-0.05, 0) is 40.0 Å². The number of hydrogen-bond acceptors (Lipinski definition) is 2. The molecule has 1 aromatic carbocycles. The number of nitrogens with zero attached hydrogens (tertiary/aromatic N) is 1. The predicted molar refractivity (Wildman–Crippen MR) is 73.9 cm³/mol. The van der Waals surface area contributed by atoms with Crippen LogP contribution in [0.15, 0.2) is 22.7 Å². The number of benzene rings is 1. The number of carbonyl (C=O) groups excluding carboxylic acids is 1. The summed E-state index contributed by atoms with van der Waals surface area (Å²) >= 11 is 3.07. The summed E-state index contributed by atoms with van der Waals surface area (Å²) in [6.07, 6.45) is 0. The van der Waals surface area contributed by atoms with Crippen molar-refractivity contribution < 1.29 is 9.18 Å². The fourth-order valence-electron chi connectivity index (χ4n) is 1.65. The summed E-state index contributed by atoms with van der Waals surface area (Å²) in [7, 11) is 1.65. The third-order valence-corrected chi connectivity index (χ3v) is 3.36. The van der Waals surface area contributed by atoms with E-state index in [0.717, 1.165) is 0 Å². The molecule has 0 saturated carbocycles. The zero-order valence-corrected chi connectivity index (χ0v) is 12.4. The molecule has 0 atom stereocenters. The van der Waals surface area contributed by atoms with E-state index in [-0.39, 0.29) is 16.9 Å². The molecule has 0 heterocycles. The van der Waals surface area contributed by atoms with E-state index in [9.17, 15) is 9.18 Å². The lowest BCUT2D eigenvalue weighted by molar-refractivity contribution is 0.0735. The summed E-state index contributed by atoms with van der Waals surface area (Å²) in [6, 6.07) is 4.69. The Labute approximate surface area is 115 Å². The number of rotatable bonds is 4. The molecule has 0 aliphatic carbocycles. The minimum absolute atomic E-state index is 0.0692. The van der Waals surface area contributed by atoms with Crippen LogP contribution in [0.5, 0.6) is 0 Å². The molecule has 0 saturated heterocycles. The van der Waals surface area contributed by atoms with Crippen LogP contribution in [-0.2, 0) is 0 Å². The molecule has 0 fully saturated rings. The van der Waals surface area contributed by atoms with Crippen molar-refractivity contribution in [3.05, 3.63) is 34.1 Å². The second kappa shape index (κ2) is 5.80. The average molecular weight is 317 g/mol. The minimum atomic E-state index is -0.528. The number of hydrogen-bond donors (Lipinski definition) is 1. The van der Waals surface area contributed by atoms with Crippen LogP contribution in [0.2, 0.25) is 0 Å². The first kappa shape index (κ1) is 15.1. The van der Waals surface area contributed by atoms with Crippen molar-refractivity contribution in [2.45, 2.75) is 13.8 Å². The molecule has 0 aliphatic heterocycles. The van der Waals surface area contributed by atoms with E-state index in [1.54, 1.807) is 19.2 Å². The van der Waals surface area contributed by atoms with Gasteiger partial charge in [0.15, 0.2) is 0 Å². The van der Waals surface area contributed by atoms with Gasteiger partial charge in [0.1, 0.15) is 5.82 Å². The van der Waals surface area contributed by atoms with Gasteiger partial charge in [0.25, 0.3) is 5.91 Å². The van der Waals surface area contributed by atoms with Crippen LogP contribution in [0.25, 0.3) is 0 Å². The van der Waals surface area contributed by atoms with Crippen molar-refractivity contribution in [3.63, 3.8) is 0 Å². The Bertz CT molecular complexity index is 449. The van der Waals surface area contributed by atoms with E-state index in [0.29, 0.717) is 17.6 Å². The summed E-state index contributed by atoms with van der Waals surface area (Å²) in [5.41, 5.74) is 5.51. The van der Waals surface area contributed by atoms with Crippen LogP contribution < -0.4 is 5.73 Å². The van der Waals surface area contributed by atoms with Crippen LogP contribution in [0.1, 0.15) is 24.2 Å². The van der Waals surface area contributed by atoms with Gasteiger partial charge in [-0.15, -0.1) is 0 Å². The third kappa shape index (κ3) is 3.53. The topological polar surface area (TPSA) is 46.3 Å². The number of nitrogens with two attached hydrogens (primary N) is 1. The minimum Gasteiger partial charge on any atom is -0.341 e. The third-order valence-electron chi connectivity index (χ3n) is 2.75. The van der Waals surface area contributed by atoms with Gasteiger partial charge in [0.05, 0.1) is 10.0 Å². The van der Waals surface area contributed by atoms with E-state index in [1.807, 2.05) is 13.8 Å². The standard InChI is InChI=1S/C13H18BrFN2O/c1-13(2,7-16)8-17(3)12(18)9-5-4-6-10(14)11(9)15/h4-6H,7-8,16H2,1-3H3. The molecule has 100 valence electrons. The zero-order valence-electron chi connectivity index (χ0n) is 10.8. The van der Waals surface area contributed by atoms with Gasteiger partial charge in [0.2, 0.25) is 0 Å². The Hall–Kier alpha value is -0.940. The van der Waals surface area contributed by atoms with Crippen molar-refractivity contribution in [2.75, 3.05) is 20.1 Å². The van der Waals surface area contributed by atoms with Gasteiger partial charge in [0, 0.05) is 13.6 Å². The lowest BCUT2D eigenvalue weighted by atomic mass is 9.93. The molecule has 1 amide bonds. The molecule has 0 aromatic heterocycles. The Morgan fingerprint density at radius 2 is 2.11 bits per heavy atom. The first-order chi connectivity index (χ1) is 8.28. The molecule has 1 rings (SSSR count). The van der Waals surface area contributed by atoms with Gasteiger partial charge in [-0.3, -0.25) is 4.79 Å². The maximum Gasteiger partial charge on any atom is 0.256 e. The lowest BCUT2D eigenvalue weighted by Gasteiger charge is -2.29. The van der Waals surface area contributed by atoms with Crippen LogP contribution in [-0.4, -0.2) is 30.9 Å². The normalized spacial score (nSPS) is 11.4. The molecule has 2 N–H and O–H groups in total. The Balaban J connectivity index is 2.91. The van der Waals surface area contributed by atoms with Gasteiger partial charge in [-0.1, -0.05) is 19.9 Å².